The van der Waals surface area contributed by atoms with Crippen LogP contribution >= 0.6 is 0 Å². The molecule has 11 nitrogen and oxygen atoms in total. The fraction of sp³-hybridized carbons (Fsp3) is 0.432. The maximum absolute atomic E-state index is 13.4. The van der Waals surface area contributed by atoms with Crippen LogP contribution in [0.2, 0.25) is 0 Å². The van der Waals surface area contributed by atoms with Crippen molar-refractivity contribution in [1.82, 2.24) is 25.1 Å². The Morgan fingerprint density at radius 1 is 0.896 bits per heavy atom. The summed E-state index contributed by atoms with van der Waals surface area (Å²) in [6, 6.07) is 20.0. The smallest absolute Gasteiger partial charge is 0.251 e. The Labute approximate surface area is 282 Å². The SMILES string of the molecule is CNC(=O)[C@H]1CC[C@H](n2c(-c3cc(OC)c(OC)c(OC)c3)nc3ccc(C(=O)NCCCN4CCN(c5ccccc5)CC4)cc32)C1. The number of hydrogen-bond acceptors (Lipinski definition) is 8. The Kier molecular flexibility index (Phi) is 10.3. The number of piperazine rings is 1. The number of nitrogens with zero attached hydrogens (tertiary/aromatic N) is 4. The topological polar surface area (TPSA) is 110 Å². The van der Waals surface area contributed by atoms with Gasteiger partial charge in [-0.2, -0.15) is 0 Å². The molecule has 48 heavy (non-hydrogen) atoms. The van der Waals surface area contributed by atoms with Crippen molar-refractivity contribution in [2.24, 2.45) is 5.92 Å². The largest absolute Gasteiger partial charge is 0.493 e. The highest BCUT2D eigenvalue weighted by molar-refractivity contribution is 5.98. The Bertz CT molecular complexity index is 1710. The lowest BCUT2D eigenvalue weighted by Crippen LogP contribution is -2.47. The Morgan fingerprint density at radius 2 is 1.62 bits per heavy atom. The van der Waals surface area contributed by atoms with E-state index < -0.39 is 0 Å². The van der Waals surface area contributed by atoms with E-state index in [1.165, 1.54) is 5.69 Å². The number of hydrogen-bond donors (Lipinski definition) is 2. The zero-order valence-corrected chi connectivity index (χ0v) is 28.3. The second kappa shape index (κ2) is 15.0. The highest BCUT2D eigenvalue weighted by Crippen LogP contribution is 2.44. The van der Waals surface area contributed by atoms with Crippen molar-refractivity contribution in [1.29, 1.82) is 0 Å². The summed E-state index contributed by atoms with van der Waals surface area (Å²) in [5.41, 5.74) is 4.27. The van der Waals surface area contributed by atoms with Gasteiger partial charge in [-0.05, 0) is 74.7 Å². The fourth-order valence-corrected chi connectivity index (χ4v) is 7.13. The van der Waals surface area contributed by atoms with Gasteiger partial charge < -0.3 is 34.3 Å². The lowest BCUT2D eigenvalue weighted by molar-refractivity contribution is -0.124. The second-order valence-corrected chi connectivity index (χ2v) is 12.5. The van der Waals surface area contributed by atoms with E-state index in [2.05, 4.69) is 55.3 Å². The third-order valence-corrected chi connectivity index (χ3v) is 9.69. The molecule has 0 unspecified atom stereocenters. The van der Waals surface area contributed by atoms with Gasteiger partial charge in [-0.15, -0.1) is 0 Å². The van der Waals surface area contributed by atoms with E-state index in [4.69, 9.17) is 19.2 Å². The monoisotopic (exact) mass is 654 g/mol. The van der Waals surface area contributed by atoms with E-state index in [1.54, 1.807) is 28.4 Å². The van der Waals surface area contributed by atoms with Gasteiger partial charge >= 0.3 is 0 Å². The van der Waals surface area contributed by atoms with E-state index in [9.17, 15) is 9.59 Å². The molecule has 2 fully saturated rings. The van der Waals surface area contributed by atoms with Crippen molar-refractivity contribution in [3.05, 3.63) is 66.2 Å². The number of amides is 2. The number of aromatic nitrogens is 2. The number of nitrogens with one attached hydrogen (secondary N) is 2. The molecule has 1 aliphatic heterocycles. The lowest BCUT2D eigenvalue weighted by Gasteiger charge is -2.36. The molecule has 2 heterocycles. The average molecular weight is 655 g/mol. The van der Waals surface area contributed by atoms with Crippen LogP contribution in [0.4, 0.5) is 5.69 Å². The zero-order chi connectivity index (χ0) is 33.6. The zero-order valence-electron chi connectivity index (χ0n) is 28.3. The van der Waals surface area contributed by atoms with Crippen LogP contribution in [-0.4, -0.2) is 93.9 Å². The van der Waals surface area contributed by atoms with Gasteiger partial charge in [0.2, 0.25) is 11.7 Å². The molecule has 2 atom stereocenters. The average Bonchev–Trinajstić information content (AvgIpc) is 3.78. The van der Waals surface area contributed by atoms with Crippen molar-refractivity contribution in [3.63, 3.8) is 0 Å². The minimum Gasteiger partial charge on any atom is -0.493 e. The maximum Gasteiger partial charge on any atom is 0.251 e. The van der Waals surface area contributed by atoms with Crippen LogP contribution in [0.15, 0.2) is 60.7 Å². The van der Waals surface area contributed by atoms with E-state index in [0.717, 1.165) is 74.4 Å². The van der Waals surface area contributed by atoms with Gasteiger partial charge in [0.1, 0.15) is 5.82 Å². The predicted molar refractivity (Wildman–Crippen MR) is 187 cm³/mol. The molecule has 11 heteroatoms. The third-order valence-electron chi connectivity index (χ3n) is 9.69. The molecule has 3 aromatic carbocycles. The summed E-state index contributed by atoms with van der Waals surface area (Å²) in [6.45, 7) is 5.59. The Morgan fingerprint density at radius 3 is 2.29 bits per heavy atom. The van der Waals surface area contributed by atoms with Gasteiger partial charge in [0.25, 0.3) is 5.91 Å². The number of methoxy groups -OCH3 is 3. The van der Waals surface area contributed by atoms with E-state index in [1.807, 2.05) is 30.3 Å². The molecule has 1 aromatic heterocycles. The molecular formula is C37H46N6O5. The van der Waals surface area contributed by atoms with Crippen molar-refractivity contribution >= 4 is 28.5 Å². The molecule has 0 spiro atoms. The Hall–Kier alpha value is -4.77. The predicted octanol–water partition coefficient (Wildman–Crippen LogP) is 4.76. The van der Waals surface area contributed by atoms with Crippen molar-refractivity contribution < 1.29 is 23.8 Å². The van der Waals surface area contributed by atoms with Gasteiger partial charge in [0.15, 0.2) is 11.5 Å². The number of imidazole rings is 1. The summed E-state index contributed by atoms with van der Waals surface area (Å²) in [5.74, 6) is 2.13. The standard InChI is InChI=1S/C37H46N6O5/c1-38-36(44)25-11-13-29(21-25)43-31-22-26(12-14-30(31)40-35(43)27-23-32(46-2)34(48-4)33(24-27)47-3)37(45)39-15-8-16-41-17-19-42(20-18-41)28-9-6-5-7-10-28/h5-7,9-10,12,14,22-25,29H,8,11,13,15-21H2,1-4H3,(H,38,44)(H,39,45)/t25-,29-/m0/s1. The maximum atomic E-state index is 13.4. The molecule has 1 aliphatic carbocycles. The summed E-state index contributed by atoms with van der Waals surface area (Å²) in [6.07, 6.45) is 3.15. The minimum atomic E-state index is -0.109. The van der Waals surface area contributed by atoms with Crippen molar-refractivity contribution in [2.45, 2.75) is 31.7 Å². The molecular weight excluding hydrogens is 608 g/mol. The molecule has 254 valence electrons. The summed E-state index contributed by atoms with van der Waals surface area (Å²) in [4.78, 5) is 35.9. The molecule has 4 aromatic rings. The molecule has 2 amide bonds. The van der Waals surface area contributed by atoms with Crippen LogP contribution in [0, 0.1) is 5.92 Å². The second-order valence-electron chi connectivity index (χ2n) is 12.5. The van der Waals surface area contributed by atoms with E-state index in [0.29, 0.717) is 35.8 Å². The third kappa shape index (κ3) is 6.92. The summed E-state index contributed by atoms with van der Waals surface area (Å²) < 4.78 is 19.0. The first-order chi connectivity index (χ1) is 23.4. The highest BCUT2D eigenvalue weighted by atomic mass is 16.5. The molecule has 1 saturated carbocycles. The van der Waals surface area contributed by atoms with Gasteiger partial charge in [-0.25, -0.2) is 4.98 Å². The summed E-state index contributed by atoms with van der Waals surface area (Å²) >= 11 is 0. The van der Waals surface area contributed by atoms with Crippen LogP contribution in [0.3, 0.4) is 0 Å². The van der Waals surface area contributed by atoms with Crippen molar-refractivity contribution in [3.8, 4) is 28.6 Å². The number of benzene rings is 3. The lowest BCUT2D eigenvalue weighted by atomic mass is 10.1. The van der Waals surface area contributed by atoms with Gasteiger partial charge in [-0.1, -0.05) is 18.2 Å². The van der Waals surface area contributed by atoms with Crippen LogP contribution in [-0.2, 0) is 4.79 Å². The van der Waals surface area contributed by atoms with Gasteiger partial charge in [-0.3, -0.25) is 14.5 Å². The number of rotatable bonds is 12. The molecule has 2 aliphatic rings. The van der Waals surface area contributed by atoms with Crippen molar-refractivity contribution in [2.75, 3.05) is 72.5 Å². The summed E-state index contributed by atoms with van der Waals surface area (Å²) in [7, 11) is 6.44. The fourth-order valence-electron chi connectivity index (χ4n) is 7.13. The number of anilines is 1. The normalized spacial score (nSPS) is 18.1. The van der Waals surface area contributed by atoms with Gasteiger partial charge in [0, 0.05) is 68.5 Å². The molecule has 6 rings (SSSR count). The minimum absolute atomic E-state index is 0.0204. The van der Waals surface area contributed by atoms with Crippen LogP contribution < -0.4 is 29.7 Å². The van der Waals surface area contributed by atoms with E-state index in [-0.39, 0.29) is 23.8 Å². The Balaban J connectivity index is 1.19. The number of carbonyl (C=O) groups is 2. The molecule has 2 N–H and O–H groups in total. The number of carbonyl (C=O) groups excluding carboxylic acids is 2. The molecule has 0 bridgehead atoms. The van der Waals surface area contributed by atoms with E-state index >= 15 is 0 Å². The number of para-hydroxylation sites is 1. The molecule has 1 saturated heterocycles. The first-order valence-corrected chi connectivity index (χ1v) is 16.8. The van der Waals surface area contributed by atoms with Crippen LogP contribution in [0.1, 0.15) is 42.1 Å². The number of fused-ring (bicyclic) bond motifs is 1. The van der Waals surface area contributed by atoms with Crippen LogP contribution in [0.25, 0.3) is 22.4 Å². The van der Waals surface area contributed by atoms with Crippen LogP contribution in [0.5, 0.6) is 17.2 Å². The number of ether oxygens (including phenoxy) is 3. The quantitative estimate of drug-likeness (QED) is 0.211. The van der Waals surface area contributed by atoms with Gasteiger partial charge in [0.05, 0.1) is 32.4 Å². The molecule has 0 radical (unpaired) electrons. The highest BCUT2D eigenvalue weighted by Gasteiger charge is 2.33. The first kappa shape index (κ1) is 33.1. The summed E-state index contributed by atoms with van der Waals surface area (Å²) in [5, 5.41) is 5.94. The first-order valence-electron chi connectivity index (χ1n) is 16.8.